The lowest BCUT2D eigenvalue weighted by Crippen LogP contribution is -2.45. The predicted molar refractivity (Wildman–Crippen MR) is 63.2 cm³/mol. The van der Waals surface area contributed by atoms with Crippen LogP contribution in [0, 0.1) is 12.8 Å². The topological polar surface area (TPSA) is 109 Å². The zero-order valence-electron chi connectivity index (χ0n) is 10.6. The minimum atomic E-state index is -0.790. The third-order valence-corrected chi connectivity index (χ3v) is 3.09. The number of aliphatic carboxylic acids is 1. The standard InChI is InChI=1S/C11H16N4O4/c1-7-13-9(19-14-7)6-12-11(18)15-4-2-8(3-5-15)10(16)17/h8H,2-6H2,1H3,(H,12,18)(H,16,17). The third-order valence-electron chi connectivity index (χ3n) is 3.09. The molecule has 0 radical (unpaired) electrons. The van der Waals surface area contributed by atoms with Crippen molar-refractivity contribution in [1.82, 2.24) is 20.4 Å². The van der Waals surface area contributed by atoms with Gasteiger partial charge in [-0.15, -0.1) is 0 Å². The molecular formula is C11H16N4O4. The van der Waals surface area contributed by atoms with E-state index in [-0.39, 0.29) is 18.5 Å². The number of carboxylic acids is 1. The highest BCUT2D eigenvalue weighted by atomic mass is 16.5. The Kier molecular flexibility index (Phi) is 3.98. The van der Waals surface area contributed by atoms with Crippen molar-refractivity contribution < 1.29 is 19.2 Å². The Labute approximate surface area is 109 Å². The first-order valence-electron chi connectivity index (χ1n) is 6.11. The number of urea groups is 1. The van der Waals surface area contributed by atoms with Crippen molar-refractivity contribution in [2.75, 3.05) is 13.1 Å². The second-order valence-electron chi connectivity index (χ2n) is 4.49. The Balaban J connectivity index is 1.77. The maximum Gasteiger partial charge on any atom is 0.317 e. The Morgan fingerprint density at radius 1 is 1.47 bits per heavy atom. The van der Waals surface area contributed by atoms with Gasteiger partial charge in [0.1, 0.15) is 0 Å². The highest BCUT2D eigenvalue weighted by Crippen LogP contribution is 2.17. The fourth-order valence-corrected chi connectivity index (χ4v) is 2.00. The van der Waals surface area contributed by atoms with E-state index in [4.69, 9.17) is 9.63 Å². The maximum atomic E-state index is 11.8. The van der Waals surface area contributed by atoms with Gasteiger partial charge in [-0.3, -0.25) is 4.79 Å². The summed E-state index contributed by atoms with van der Waals surface area (Å²) in [7, 11) is 0. The number of carbonyl (C=O) groups is 2. The minimum absolute atomic E-state index is 0.179. The van der Waals surface area contributed by atoms with E-state index in [1.165, 1.54) is 0 Å². The van der Waals surface area contributed by atoms with Crippen LogP contribution in [0.5, 0.6) is 0 Å². The number of carbonyl (C=O) groups excluding carboxylic acids is 1. The first-order chi connectivity index (χ1) is 9.06. The first kappa shape index (κ1) is 13.3. The van der Waals surface area contributed by atoms with E-state index in [9.17, 15) is 9.59 Å². The van der Waals surface area contributed by atoms with Crippen molar-refractivity contribution in [3.05, 3.63) is 11.7 Å². The summed E-state index contributed by atoms with van der Waals surface area (Å²) in [5.74, 6) is -0.262. The van der Waals surface area contributed by atoms with E-state index in [0.29, 0.717) is 37.6 Å². The summed E-state index contributed by atoms with van der Waals surface area (Å²) in [5, 5.41) is 15.2. The van der Waals surface area contributed by atoms with Gasteiger partial charge in [0.15, 0.2) is 5.82 Å². The Morgan fingerprint density at radius 3 is 2.68 bits per heavy atom. The van der Waals surface area contributed by atoms with E-state index < -0.39 is 5.97 Å². The summed E-state index contributed by atoms with van der Waals surface area (Å²) in [5.41, 5.74) is 0. The van der Waals surface area contributed by atoms with Crippen LogP contribution in [0.1, 0.15) is 24.6 Å². The number of hydrogen-bond donors (Lipinski definition) is 2. The molecule has 8 heteroatoms. The van der Waals surface area contributed by atoms with Gasteiger partial charge in [-0.25, -0.2) is 4.79 Å². The molecule has 0 spiro atoms. The fraction of sp³-hybridized carbons (Fsp3) is 0.636. The van der Waals surface area contributed by atoms with Crippen molar-refractivity contribution in [1.29, 1.82) is 0 Å². The average Bonchev–Trinajstić information content (AvgIpc) is 2.82. The molecule has 0 aromatic carbocycles. The molecule has 1 saturated heterocycles. The Hall–Kier alpha value is -2.12. The summed E-state index contributed by atoms with van der Waals surface area (Å²) in [6, 6.07) is -0.236. The molecule has 1 aromatic rings. The zero-order valence-corrected chi connectivity index (χ0v) is 10.6. The van der Waals surface area contributed by atoms with Gasteiger partial charge in [0.05, 0.1) is 12.5 Å². The number of aryl methyl sites for hydroxylation is 1. The molecule has 0 atom stereocenters. The van der Waals surface area contributed by atoms with Gasteiger partial charge < -0.3 is 19.8 Å². The minimum Gasteiger partial charge on any atom is -0.481 e. The Morgan fingerprint density at radius 2 is 2.16 bits per heavy atom. The number of hydrogen-bond acceptors (Lipinski definition) is 5. The number of nitrogens with one attached hydrogen (secondary N) is 1. The summed E-state index contributed by atoms with van der Waals surface area (Å²) in [6.07, 6.45) is 0.977. The van der Waals surface area contributed by atoms with Crippen LogP contribution >= 0.6 is 0 Å². The lowest BCUT2D eigenvalue weighted by molar-refractivity contribution is -0.143. The molecule has 2 rings (SSSR count). The van der Waals surface area contributed by atoms with E-state index in [1.54, 1.807) is 11.8 Å². The molecule has 8 nitrogen and oxygen atoms in total. The molecule has 0 bridgehead atoms. The lowest BCUT2D eigenvalue weighted by Gasteiger charge is -2.29. The van der Waals surface area contributed by atoms with Crippen LogP contribution in [0.15, 0.2) is 4.52 Å². The smallest absolute Gasteiger partial charge is 0.317 e. The van der Waals surface area contributed by atoms with Gasteiger partial charge in [0.2, 0.25) is 5.89 Å². The van der Waals surface area contributed by atoms with E-state index in [2.05, 4.69) is 15.5 Å². The van der Waals surface area contributed by atoms with Gasteiger partial charge in [0.25, 0.3) is 0 Å². The third kappa shape index (κ3) is 3.43. The maximum absolute atomic E-state index is 11.8. The number of aromatic nitrogens is 2. The van der Waals surface area contributed by atoms with Gasteiger partial charge in [-0.05, 0) is 19.8 Å². The lowest BCUT2D eigenvalue weighted by atomic mass is 9.97. The molecule has 0 saturated carbocycles. The summed E-state index contributed by atoms with van der Waals surface area (Å²) < 4.78 is 4.88. The van der Waals surface area contributed by atoms with Crippen LogP contribution in [0.4, 0.5) is 4.79 Å². The normalized spacial score (nSPS) is 16.4. The van der Waals surface area contributed by atoms with Crippen LogP contribution in [0.2, 0.25) is 0 Å². The number of likely N-dealkylation sites (tertiary alicyclic amines) is 1. The van der Waals surface area contributed by atoms with Gasteiger partial charge in [0, 0.05) is 13.1 Å². The largest absolute Gasteiger partial charge is 0.481 e. The molecule has 19 heavy (non-hydrogen) atoms. The highest BCUT2D eigenvalue weighted by Gasteiger charge is 2.26. The van der Waals surface area contributed by atoms with Crippen LogP contribution in [0.25, 0.3) is 0 Å². The van der Waals surface area contributed by atoms with E-state index in [0.717, 1.165) is 0 Å². The van der Waals surface area contributed by atoms with E-state index in [1.807, 2.05) is 0 Å². The van der Waals surface area contributed by atoms with Crippen LogP contribution in [-0.2, 0) is 11.3 Å². The monoisotopic (exact) mass is 268 g/mol. The second-order valence-corrected chi connectivity index (χ2v) is 4.49. The van der Waals surface area contributed by atoms with Crippen molar-refractivity contribution in [3.8, 4) is 0 Å². The summed E-state index contributed by atoms with van der Waals surface area (Å²) in [4.78, 5) is 28.2. The Bertz CT molecular complexity index is 465. The van der Waals surface area contributed by atoms with Crippen molar-refractivity contribution in [3.63, 3.8) is 0 Å². The van der Waals surface area contributed by atoms with Gasteiger partial charge >= 0.3 is 12.0 Å². The molecule has 2 heterocycles. The molecule has 0 aliphatic carbocycles. The first-order valence-corrected chi connectivity index (χ1v) is 6.11. The summed E-state index contributed by atoms with van der Waals surface area (Å²) >= 11 is 0. The molecule has 2 N–H and O–H groups in total. The van der Waals surface area contributed by atoms with Crippen LogP contribution in [-0.4, -0.2) is 45.2 Å². The molecule has 1 aromatic heterocycles. The van der Waals surface area contributed by atoms with Crippen LogP contribution < -0.4 is 5.32 Å². The number of rotatable bonds is 3. The van der Waals surface area contributed by atoms with Crippen molar-refractivity contribution in [2.45, 2.75) is 26.3 Å². The zero-order chi connectivity index (χ0) is 13.8. The summed E-state index contributed by atoms with van der Waals surface area (Å²) in [6.45, 7) is 2.78. The SMILES string of the molecule is Cc1noc(CNC(=O)N2CCC(C(=O)O)CC2)n1. The molecule has 1 aliphatic rings. The van der Waals surface area contributed by atoms with Crippen LogP contribution in [0.3, 0.4) is 0 Å². The number of piperidine rings is 1. The number of nitrogens with zero attached hydrogens (tertiary/aromatic N) is 3. The molecular weight excluding hydrogens is 252 g/mol. The van der Waals surface area contributed by atoms with Gasteiger partial charge in [-0.2, -0.15) is 4.98 Å². The number of carboxylic acid groups (broad SMARTS) is 1. The fourth-order valence-electron chi connectivity index (χ4n) is 2.00. The quantitative estimate of drug-likeness (QED) is 0.820. The predicted octanol–water partition coefficient (Wildman–Crippen LogP) is 0.384. The average molecular weight is 268 g/mol. The van der Waals surface area contributed by atoms with E-state index >= 15 is 0 Å². The number of amides is 2. The molecule has 104 valence electrons. The molecule has 1 fully saturated rings. The highest BCUT2D eigenvalue weighted by molar-refractivity contribution is 5.75. The molecule has 0 unspecified atom stereocenters. The second kappa shape index (κ2) is 5.68. The van der Waals surface area contributed by atoms with Gasteiger partial charge in [-0.1, -0.05) is 5.16 Å². The van der Waals surface area contributed by atoms with Crippen molar-refractivity contribution in [2.24, 2.45) is 5.92 Å². The van der Waals surface area contributed by atoms with Crippen molar-refractivity contribution >= 4 is 12.0 Å². The molecule has 2 amide bonds. The molecule has 1 aliphatic heterocycles.